The molecule has 2 aromatic rings. The number of rotatable bonds is 6. The van der Waals surface area contributed by atoms with Crippen LogP contribution in [0.4, 0.5) is 5.82 Å². The second-order valence-electron chi connectivity index (χ2n) is 5.12. The number of anilines is 1. The normalized spacial score (nSPS) is 10.5. The van der Waals surface area contributed by atoms with Crippen LogP contribution >= 0.6 is 0 Å². The van der Waals surface area contributed by atoms with Gasteiger partial charge < -0.3 is 15.2 Å². The summed E-state index contributed by atoms with van der Waals surface area (Å²) < 4.78 is 5.62. The highest BCUT2D eigenvalue weighted by Gasteiger charge is 2.10. The number of nitrogens with one attached hydrogen (secondary N) is 1. The highest BCUT2D eigenvalue weighted by Crippen LogP contribution is 2.19. The van der Waals surface area contributed by atoms with E-state index in [9.17, 15) is 4.79 Å². The summed E-state index contributed by atoms with van der Waals surface area (Å²) in [5.41, 5.74) is 1.17. The number of benzene rings is 1. The number of hydrogen-bond acceptors (Lipinski definition) is 5. The highest BCUT2D eigenvalue weighted by atomic mass is 16.5. The molecule has 0 radical (unpaired) electrons. The Balaban J connectivity index is 2.10. The van der Waals surface area contributed by atoms with Gasteiger partial charge in [-0.3, -0.25) is 0 Å². The van der Waals surface area contributed by atoms with Gasteiger partial charge in [-0.15, -0.1) is 0 Å². The molecule has 0 atom stereocenters. The Hall–Kier alpha value is -2.63. The van der Waals surface area contributed by atoms with Gasteiger partial charge in [-0.1, -0.05) is 26.0 Å². The van der Waals surface area contributed by atoms with Gasteiger partial charge in [0.2, 0.25) is 0 Å². The third-order valence-corrected chi connectivity index (χ3v) is 3.16. The number of carboxylic acid groups (broad SMARTS) is 1. The molecule has 0 aliphatic heterocycles. The van der Waals surface area contributed by atoms with Crippen molar-refractivity contribution >= 4 is 11.8 Å². The molecule has 6 heteroatoms. The zero-order chi connectivity index (χ0) is 16.1. The molecule has 0 fully saturated rings. The molecule has 6 nitrogen and oxygen atoms in total. The first-order valence-electron chi connectivity index (χ1n) is 7.01. The number of carboxylic acids is 1. The zero-order valence-corrected chi connectivity index (χ0v) is 12.8. The van der Waals surface area contributed by atoms with Gasteiger partial charge in [0.05, 0.1) is 0 Å². The summed E-state index contributed by atoms with van der Waals surface area (Å²) >= 11 is 0. The van der Waals surface area contributed by atoms with Gasteiger partial charge in [0.25, 0.3) is 0 Å². The monoisotopic (exact) mass is 301 g/mol. The molecule has 0 aliphatic carbocycles. The van der Waals surface area contributed by atoms with Crippen LogP contribution in [0.5, 0.6) is 5.75 Å². The van der Waals surface area contributed by atoms with E-state index in [1.165, 1.54) is 11.6 Å². The lowest BCUT2D eigenvalue weighted by molar-refractivity contribution is 0.0689. The van der Waals surface area contributed by atoms with Gasteiger partial charge in [-0.05, 0) is 23.6 Å². The van der Waals surface area contributed by atoms with Gasteiger partial charge in [-0.2, -0.15) is 0 Å². The lowest BCUT2D eigenvalue weighted by Crippen LogP contribution is -2.10. The van der Waals surface area contributed by atoms with Crippen LogP contribution in [0.3, 0.4) is 0 Å². The summed E-state index contributed by atoms with van der Waals surface area (Å²) in [6.45, 7) is 4.36. The Morgan fingerprint density at radius 1 is 1.27 bits per heavy atom. The van der Waals surface area contributed by atoms with E-state index in [0.29, 0.717) is 23.3 Å². The number of aromatic nitrogens is 2. The maximum atomic E-state index is 11.0. The second-order valence-corrected chi connectivity index (χ2v) is 5.12. The summed E-state index contributed by atoms with van der Waals surface area (Å²) in [5, 5.41) is 11.8. The van der Waals surface area contributed by atoms with Crippen LogP contribution in [-0.4, -0.2) is 28.1 Å². The van der Waals surface area contributed by atoms with Crippen molar-refractivity contribution in [2.45, 2.75) is 26.4 Å². The first-order chi connectivity index (χ1) is 10.5. The maximum absolute atomic E-state index is 11.0. The average molecular weight is 301 g/mol. The Labute approximate surface area is 129 Å². The number of ether oxygens (including phenoxy) is 1. The molecule has 1 aromatic heterocycles. The quantitative estimate of drug-likeness (QED) is 0.853. The van der Waals surface area contributed by atoms with E-state index in [-0.39, 0.29) is 12.3 Å². The smallest absolute Gasteiger partial charge is 0.354 e. The largest absolute Gasteiger partial charge is 0.486 e. The van der Waals surface area contributed by atoms with Crippen molar-refractivity contribution in [1.29, 1.82) is 0 Å². The van der Waals surface area contributed by atoms with Crippen molar-refractivity contribution in [2.75, 3.05) is 12.4 Å². The first kappa shape index (κ1) is 15.8. The Bertz CT molecular complexity index is 654. The molecule has 0 aliphatic rings. The van der Waals surface area contributed by atoms with Crippen LogP contribution in [0.2, 0.25) is 0 Å². The molecule has 0 bridgehead atoms. The molecule has 0 spiro atoms. The van der Waals surface area contributed by atoms with Crippen molar-refractivity contribution in [3.05, 3.63) is 47.4 Å². The minimum absolute atomic E-state index is 0.0619. The summed E-state index contributed by atoms with van der Waals surface area (Å²) in [7, 11) is 1.67. The Morgan fingerprint density at radius 3 is 2.50 bits per heavy atom. The third-order valence-electron chi connectivity index (χ3n) is 3.16. The van der Waals surface area contributed by atoms with Crippen molar-refractivity contribution in [1.82, 2.24) is 9.97 Å². The SMILES string of the molecule is CNc1cc(C(=O)O)nc(COc2ccc(C(C)C)cc2)n1. The van der Waals surface area contributed by atoms with Crippen LogP contribution in [0.15, 0.2) is 30.3 Å². The van der Waals surface area contributed by atoms with Gasteiger partial charge in [-0.25, -0.2) is 14.8 Å². The van der Waals surface area contributed by atoms with Crippen molar-refractivity contribution in [3.8, 4) is 5.75 Å². The minimum Gasteiger partial charge on any atom is -0.486 e. The zero-order valence-electron chi connectivity index (χ0n) is 12.8. The van der Waals surface area contributed by atoms with E-state index in [2.05, 4.69) is 29.1 Å². The standard InChI is InChI=1S/C16H19N3O3/c1-10(2)11-4-6-12(7-5-11)22-9-15-18-13(16(20)21)8-14(17-3)19-15/h4-8,10H,9H2,1-3H3,(H,20,21)(H,17,18,19). The highest BCUT2D eigenvalue weighted by molar-refractivity contribution is 5.86. The van der Waals surface area contributed by atoms with E-state index in [1.807, 2.05) is 24.3 Å². The number of nitrogens with zero attached hydrogens (tertiary/aromatic N) is 2. The predicted octanol–water partition coefficient (Wildman–Crippen LogP) is 2.92. The van der Waals surface area contributed by atoms with Crippen LogP contribution in [-0.2, 0) is 6.61 Å². The molecule has 22 heavy (non-hydrogen) atoms. The fraction of sp³-hybridized carbons (Fsp3) is 0.312. The molecule has 0 saturated heterocycles. The van der Waals surface area contributed by atoms with E-state index < -0.39 is 5.97 Å². The molecule has 0 saturated carbocycles. The lowest BCUT2D eigenvalue weighted by atomic mass is 10.0. The molecular weight excluding hydrogens is 282 g/mol. The summed E-state index contributed by atoms with van der Waals surface area (Å²) in [6, 6.07) is 9.16. The average Bonchev–Trinajstić information content (AvgIpc) is 2.52. The van der Waals surface area contributed by atoms with Crippen molar-refractivity contribution in [2.24, 2.45) is 0 Å². The lowest BCUT2D eigenvalue weighted by Gasteiger charge is -2.09. The Kier molecular flexibility index (Phi) is 4.93. The molecule has 1 aromatic carbocycles. The molecule has 1 heterocycles. The maximum Gasteiger partial charge on any atom is 0.354 e. The van der Waals surface area contributed by atoms with E-state index in [4.69, 9.17) is 9.84 Å². The van der Waals surface area contributed by atoms with E-state index in [1.54, 1.807) is 7.05 Å². The summed E-state index contributed by atoms with van der Waals surface area (Å²) in [5.74, 6) is 0.822. The molecule has 0 unspecified atom stereocenters. The molecule has 116 valence electrons. The molecule has 2 rings (SSSR count). The fourth-order valence-corrected chi connectivity index (χ4v) is 1.90. The van der Waals surface area contributed by atoms with Crippen LogP contribution in [0.1, 0.15) is 41.6 Å². The van der Waals surface area contributed by atoms with Crippen LogP contribution in [0, 0.1) is 0 Å². The van der Waals surface area contributed by atoms with Crippen LogP contribution < -0.4 is 10.1 Å². The topological polar surface area (TPSA) is 84.3 Å². The fourth-order valence-electron chi connectivity index (χ4n) is 1.90. The van der Waals surface area contributed by atoms with Gasteiger partial charge >= 0.3 is 5.97 Å². The predicted molar refractivity (Wildman–Crippen MR) is 83.4 cm³/mol. The van der Waals surface area contributed by atoms with Gasteiger partial charge in [0.1, 0.15) is 18.2 Å². The molecule has 2 N–H and O–H groups in total. The van der Waals surface area contributed by atoms with E-state index in [0.717, 1.165) is 0 Å². The summed E-state index contributed by atoms with van der Waals surface area (Å²) in [4.78, 5) is 19.2. The van der Waals surface area contributed by atoms with Gasteiger partial charge in [0.15, 0.2) is 11.5 Å². The van der Waals surface area contributed by atoms with Crippen molar-refractivity contribution < 1.29 is 14.6 Å². The second kappa shape index (κ2) is 6.89. The summed E-state index contributed by atoms with van der Waals surface area (Å²) in [6.07, 6.45) is 0. The van der Waals surface area contributed by atoms with Crippen molar-refractivity contribution in [3.63, 3.8) is 0 Å². The van der Waals surface area contributed by atoms with Gasteiger partial charge in [0, 0.05) is 13.1 Å². The number of hydrogen-bond donors (Lipinski definition) is 2. The first-order valence-corrected chi connectivity index (χ1v) is 7.01. The third kappa shape index (κ3) is 3.94. The van der Waals surface area contributed by atoms with Crippen LogP contribution in [0.25, 0.3) is 0 Å². The number of carbonyl (C=O) groups is 1. The molecular formula is C16H19N3O3. The Morgan fingerprint density at radius 2 is 1.95 bits per heavy atom. The molecule has 0 amide bonds. The number of aromatic carboxylic acids is 1. The minimum atomic E-state index is -1.10. The van der Waals surface area contributed by atoms with E-state index >= 15 is 0 Å².